The van der Waals surface area contributed by atoms with E-state index in [-0.39, 0.29) is 29.6 Å². The van der Waals surface area contributed by atoms with E-state index in [0.29, 0.717) is 28.7 Å². The topological polar surface area (TPSA) is 66.4 Å². The van der Waals surface area contributed by atoms with Crippen LogP contribution < -0.4 is 21.5 Å². The second-order valence-electron chi connectivity index (χ2n) is 11.1. The van der Waals surface area contributed by atoms with E-state index >= 15 is 0 Å². The van der Waals surface area contributed by atoms with E-state index in [0.717, 1.165) is 43.2 Å². The van der Waals surface area contributed by atoms with Gasteiger partial charge in [0.25, 0.3) is 11.5 Å². The van der Waals surface area contributed by atoms with Gasteiger partial charge in [0.2, 0.25) is 0 Å². The molecule has 2 aliphatic carbocycles. The summed E-state index contributed by atoms with van der Waals surface area (Å²) in [6.07, 6.45) is 6.05. The van der Waals surface area contributed by atoms with Crippen molar-refractivity contribution in [2.75, 3.05) is 25.5 Å². The molecule has 36 heavy (non-hydrogen) atoms. The van der Waals surface area contributed by atoms with Gasteiger partial charge in [-0.05, 0) is 81.3 Å². The number of alkyl halides is 1. The molecule has 2 saturated carbocycles. The van der Waals surface area contributed by atoms with Gasteiger partial charge in [0, 0.05) is 37.4 Å². The first-order valence-corrected chi connectivity index (χ1v) is 13.8. The third-order valence-corrected chi connectivity index (χ3v) is 9.21. The largest absolute Gasteiger partial charge is 0.381 e. The molecular weight excluding hydrogens is 474 g/mol. The molecule has 6 nitrogen and oxygen atoms in total. The Balaban J connectivity index is 1.44. The van der Waals surface area contributed by atoms with Crippen LogP contribution in [0.3, 0.4) is 0 Å². The van der Waals surface area contributed by atoms with E-state index in [2.05, 4.69) is 31.8 Å². The Morgan fingerprint density at radius 2 is 1.78 bits per heavy atom. The van der Waals surface area contributed by atoms with Crippen LogP contribution in [0.1, 0.15) is 85.7 Å². The van der Waals surface area contributed by atoms with Gasteiger partial charge in [0.05, 0.1) is 17.3 Å². The SMILES string of the molecule is CC(F)c1cccc([C@@H](C)NC(=O)c2cn(C3CCC3)c(=O)cc2NC2[C@@H]3CC[C@H]2CN(C)C3)c1P. The number of carbonyl (C=O) groups excluding carboxylic acids is 1. The summed E-state index contributed by atoms with van der Waals surface area (Å²) in [5, 5.41) is 7.55. The van der Waals surface area contributed by atoms with Crippen LogP contribution in [0.4, 0.5) is 10.1 Å². The van der Waals surface area contributed by atoms with Crippen molar-refractivity contribution in [2.45, 2.75) is 70.2 Å². The van der Waals surface area contributed by atoms with Crippen molar-refractivity contribution >= 4 is 26.1 Å². The van der Waals surface area contributed by atoms with E-state index in [4.69, 9.17) is 0 Å². The highest BCUT2D eigenvalue weighted by Gasteiger charge is 2.41. The molecule has 6 atom stereocenters. The third-order valence-electron chi connectivity index (χ3n) is 8.55. The molecule has 2 aromatic rings. The highest BCUT2D eigenvalue weighted by atomic mass is 31.0. The third kappa shape index (κ3) is 4.84. The van der Waals surface area contributed by atoms with E-state index in [9.17, 15) is 14.0 Å². The predicted octanol–water partition coefficient (Wildman–Crippen LogP) is 4.35. The van der Waals surface area contributed by atoms with Gasteiger partial charge in [-0.2, -0.15) is 0 Å². The number of benzene rings is 1. The number of halogens is 1. The number of nitrogens with zero attached hydrogens (tertiary/aromatic N) is 2. The fourth-order valence-electron chi connectivity index (χ4n) is 6.35. The molecule has 3 aliphatic rings. The number of carbonyl (C=O) groups is 1. The quantitative estimate of drug-likeness (QED) is 0.542. The number of likely N-dealkylation sites (tertiary alicyclic amines) is 1. The number of nitrogens with one attached hydrogen (secondary N) is 2. The van der Waals surface area contributed by atoms with Crippen LogP contribution in [0.25, 0.3) is 0 Å². The maximum Gasteiger partial charge on any atom is 0.255 e. The molecule has 1 aromatic heterocycles. The smallest absolute Gasteiger partial charge is 0.255 e. The minimum absolute atomic E-state index is 0.0519. The Morgan fingerprint density at radius 1 is 1.11 bits per heavy atom. The van der Waals surface area contributed by atoms with Crippen molar-refractivity contribution in [3.63, 3.8) is 0 Å². The van der Waals surface area contributed by atoms with Crippen molar-refractivity contribution in [1.29, 1.82) is 0 Å². The minimum atomic E-state index is -1.09. The van der Waals surface area contributed by atoms with Crippen LogP contribution in [0.2, 0.25) is 0 Å². The van der Waals surface area contributed by atoms with Crippen LogP contribution in [-0.4, -0.2) is 41.6 Å². The maximum absolute atomic E-state index is 14.1. The molecule has 3 unspecified atom stereocenters. The predicted molar refractivity (Wildman–Crippen MR) is 146 cm³/mol. The highest BCUT2D eigenvalue weighted by Crippen LogP contribution is 2.39. The summed E-state index contributed by atoms with van der Waals surface area (Å²) in [7, 11) is 4.80. The summed E-state index contributed by atoms with van der Waals surface area (Å²) in [4.78, 5) is 29.1. The first-order chi connectivity index (χ1) is 17.2. The lowest BCUT2D eigenvalue weighted by Gasteiger charge is -2.37. The summed E-state index contributed by atoms with van der Waals surface area (Å²) in [5.74, 6) is 0.812. The molecule has 3 fully saturated rings. The van der Waals surface area contributed by atoms with Gasteiger partial charge >= 0.3 is 0 Å². The molecule has 5 rings (SSSR count). The lowest BCUT2D eigenvalue weighted by molar-refractivity contribution is 0.0939. The molecule has 2 N–H and O–H groups in total. The van der Waals surface area contributed by atoms with Gasteiger partial charge in [-0.25, -0.2) is 4.39 Å². The zero-order valence-electron chi connectivity index (χ0n) is 21.5. The Kier molecular flexibility index (Phi) is 7.24. The summed E-state index contributed by atoms with van der Waals surface area (Å²) in [5.41, 5.74) is 2.56. The van der Waals surface area contributed by atoms with Crippen LogP contribution in [0.15, 0.2) is 35.3 Å². The molecule has 2 bridgehead atoms. The van der Waals surface area contributed by atoms with Gasteiger partial charge in [-0.15, -0.1) is 9.24 Å². The van der Waals surface area contributed by atoms with Gasteiger partial charge in [0.1, 0.15) is 6.17 Å². The Morgan fingerprint density at radius 3 is 2.39 bits per heavy atom. The van der Waals surface area contributed by atoms with Gasteiger partial charge in [-0.1, -0.05) is 18.2 Å². The van der Waals surface area contributed by atoms with E-state index < -0.39 is 6.17 Å². The van der Waals surface area contributed by atoms with E-state index in [1.165, 1.54) is 19.8 Å². The monoisotopic (exact) mass is 512 g/mol. The number of pyridine rings is 1. The van der Waals surface area contributed by atoms with Crippen molar-refractivity contribution in [3.05, 3.63) is 57.5 Å². The molecule has 0 radical (unpaired) electrons. The number of hydrogen-bond acceptors (Lipinski definition) is 4. The van der Waals surface area contributed by atoms with Crippen LogP contribution in [0.5, 0.6) is 0 Å². The normalized spacial score (nSPS) is 25.8. The first kappa shape index (κ1) is 25.4. The molecule has 1 saturated heterocycles. The Labute approximate surface area is 215 Å². The fraction of sp³-hybridized carbons (Fsp3) is 0.571. The molecule has 1 aromatic carbocycles. The number of piperidine rings is 1. The van der Waals surface area contributed by atoms with Crippen molar-refractivity contribution < 1.29 is 9.18 Å². The van der Waals surface area contributed by atoms with Crippen molar-refractivity contribution in [3.8, 4) is 0 Å². The fourth-order valence-corrected chi connectivity index (χ4v) is 7.02. The lowest BCUT2D eigenvalue weighted by Crippen LogP contribution is -2.47. The molecular formula is C28H38FN4O2P. The molecule has 8 heteroatoms. The number of rotatable bonds is 7. The maximum atomic E-state index is 14.1. The van der Waals surface area contributed by atoms with Crippen LogP contribution in [0, 0.1) is 11.8 Å². The second kappa shape index (κ2) is 10.3. The number of amides is 1. The highest BCUT2D eigenvalue weighted by molar-refractivity contribution is 7.27. The van der Waals surface area contributed by atoms with Crippen LogP contribution >= 0.6 is 9.24 Å². The molecule has 1 aliphatic heterocycles. The summed E-state index contributed by atoms with van der Waals surface area (Å²) in [6, 6.07) is 7.27. The minimum Gasteiger partial charge on any atom is -0.381 e. The number of anilines is 1. The van der Waals surface area contributed by atoms with Crippen molar-refractivity contribution in [2.24, 2.45) is 11.8 Å². The number of aromatic nitrogens is 1. The molecule has 2 heterocycles. The zero-order valence-corrected chi connectivity index (χ0v) is 22.6. The van der Waals surface area contributed by atoms with Crippen LogP contribution in [-0.2, 0) is 0 Å². The average Bonchev–Trinajstić information content (AvgIpc) is 3.02. The van der Waals surface area contributed by atoms with E-state index in [1.807, 2.05) is 19.1 Å². The first-order valence-electron chi connectivity index (χ1n) is 13.3. The second-order valence-corrected chi connectivity index (χ2v) is 11.7. The Bertz CT molecular complexity index is 1180. The zero-order chi connectivity index (χ0) is 25.6. The standard InChI is InChI=1S/C28H38FN4O2P/c1-16(29)21-8-5-9-22(27(21)36)17(2)30-28(35)23-15-33(20-6-4-7-20)25(34)12-24(23)31-26-18-10-11-19(26)14-32(3)13-18/h5,8-9,12,15-20,26,31H,4,6-7,10-11,13-14,36H2,1-3H3,(H,30,35)/t16?,17-,18-,19+,26?/m1/s1. The van der Waals surface area contributed by atoms with Gasteiger partial charge in [-0.3, -0.25) is 9.59 Å². The lowest BCUT2D eigenvalue weighted by atomic mass is 9.91. The molecule has 0 spiro atoms. The Hall–Kier alpha value is -2.24. The van der Waals surface area contributed by atoms with E-state index in [1.54, 1.807) is 22.9 Å². The van der Waals surface area contributed by atoms with Gasteiger partial charge < -0.3 is 20.1 Å². The molecule has 1 amide bonds. The van der Waals surface area contributed by atoms with Gasteiger partial charge in [0.15, 0.2) is 0 Å². The molecule has 194 valence electrons. The number of hydrogen-bond donors (Lipinski definition) is 2. The number of fused-ring (bicyclic) bond motifs is 2. The van der Waals surface area contributed by atoms with Crippen molar-refractivity contribution in [1.82, 2.24) is 14.8 Å². The average molecular weight is 513 g/mol. The summed E-state index contributed by atoms with van der Waals surface area (Å²) in [6.45, 7) is 5.51. The summed E-state index contributed by atoms with van der Waals surface area (Å²) >= 11 is 0. The summed E-state index contributed by atoms with van der Waals surface area (Å²) < 4.78 is 15.8.